The molecule has 0 aromatic heterocycles. The Kier molecular flexibility index (Phi) is 4.34. The van der Waals surface area contributed by atoms with Gasteiger partial charge in [0, 0.05) is 5.25 Å². The number of rotatable bonds is 4. The summed E-state index contributed by atoms with van der Waals surface area (Å²) in [5, 5.41) is 8.91. The second-order valence-corrected chi connectivity index (χ2v) is 3.90. The SMILES string of the molecule is COc1ccc(C(CC#N)SC)cc1. The van der Waals surface area contributed by atoms with Gasteiger partial charge in [0.25, 0.3) is 0 Å². The fourth-order valence-corrected chi connectivity index (χ4v) is 1.91. The zero-order valence-corrected chi connectivity index (χ0v) is 9.17. The first kappa shape index (κ1) is 10.9. The number of benzene rings is 1. The van der Waals surface area contributed by atoms with Crippen LogP contribution in [0.15, 0.2) is 24.3 Å². The molecule has 1 atom stereocenters. The Morgan fingerprint density at radius 3 is 2.50 bits per heavy atom. The molecule has 0 aliphatic carbocycles. The second-order valence-electron chi connectivity index (χ2n) is 2.86. The smallest absolute Gasteiger partial charge is 0.118 e. The molecule has 0 spiro atoms. The van der Waals surface area contributed by atoms with E-state index in [2.05, 4.69) is 6.07 Å². The van der Waals surface area contributed by atoms with Crippen LogP contribution in [0.5, 0.6) is 5.75 Å². The molecule has 0 aliphatic rings. The van der Waals surface area contributed by atoms with Crippen molar-refractivity contribution in [1.82, 2.24) is 0 Å². The van der Waals surface area contributed by atoms with E-state index >= 15 is 0 Å². The summed E-state index contributed by atoms with van der Waals surface area (Å²) >= 11 is 1.70. The van der Waals surface area contributed by atoms with Crippen LogP contribution >= 0.6 is 11.8 Å². The van der Waals surface area contributed by atoms with Crippen molar-refractivity contribution in [2.24, 2.45) is 0 Å². The number of methoxy groups -OCH3 is 1. The monoisotopic (exact) mass is 207 g/mol. The number of nitrogens with zero attached hydrogens (tertiary/aromatic N) is 1. The minimum Gasteiger partial charge on any atom is -0.497 e. The minimum atomic E-state index is 0.269. The maximum atomic E-state index is 8.64. The molecule has 0 saturated heterocycles. The Hall–Kier alpha value is -1.14. The maximum absolute atomic E-state index is 8.64. The second kappa shape index (κ2) is 5.56. The van der Waals surface area contributed by atoms with Crippen LogP contribution in [0.1, 0.15) is 17.2 Å². The van der Waals surface area contributed by atoms with Crippen molar-refractivity contribution in [3.05, 3.63) is 29.8 Å². The van der Waals surface area contributed by atoms with Crippen molar-refractivity contribution < 1.29 is 4.74 Å². The number of nitriles is 1. The fraction of sp³-hybridized carbons (Fsp3) is 0.364. The Morgan fingerprint density at radius 1 is 1.43 bits per heavy atom. The molecule has 1 rings (SSSR count). The van der Waals surface area contributed by atoms with E-state index in [0.29, 0.717) is 6.42 Å². The summed E-state index contributed by atoms with van der Waals surface area (Å²) < 4.78 is 5.07. The highest BCUT2D eigenvalue weighted by Crippen LogP contribution is 2.30. The normalized spacial score (nSPS) is 11.8. The van der Waals surface area contributed by atoms with E-state index in [0.717, 1.165) is 5.75 Å². The van der Waals surface area contributed by atoms with Gasteiger partial charge in [0.1, 0.15) is 5.75 Å². The topological polar surface area (TPSA) is 33.0 Å². The lowest BCUT2D eigenvalue weighted by molar-refractivity contribution is 0.414. The molecule has 2 nitrogen and oxygen atoms in total. The predicted molar refractivity (Wildman–Crippen MR) is 59.5 cm³/mol. The van der Waals surface area contributed by atoms with Crippen molar-refractivity contribution in [3.63, 3.8) is 0 Å². The van der Waals surface area contributed by atoms with Crippen LogP contribution in [0.3, 0.4) is 0 Å². The van der Waals surface area contributed by atoms with E-state index in [9.17, 15) is 0 Å². The zero-order chi connectivity index (χ0) is 10.4. The van der Waals surface area contributed by atoms with Gasteiger partial charge in [0.2, 0.25) is 0 Å². The maximum Gasteiger partial charge on any atom is 0.118 e. The first-order valence-corrected chi connectivity index (χ1v) is 5.64. The van der Waals surface area contributed by atoms with E-state index < -0.39 is 0 Å². The lowest BCUT2D eigenvalue weighted by Gasteiger charge is -2.11. The van der Waals surface area contributed by atoms with E-state index in [-0.39, 0.29) is 5.25 Å². The molecule has 0 heterocycles. The molecule has 1 aromatic rings. The number of hydrogen-bond donors (Lipinski definition) is 0. The highest BCUT2D eigenvalue weighted by Gasteiger charge is 2.08. The van der Waals surface area contributed by atoms with Gasteiger partial charge >= 0.3 is 0 Å². The van der Waals surface area contributed by atoms with Gasteiger partial charge < -0.3 is 4.74 Å². The van der Waals surface area contributed by atoms with Crippen LogP contribution in [-0.2, 0) is 0 Å². The molecule has 0 radical (unpaired) electrons. The van der Waals surface area contributed by atoms with Gasteiger partial charge in [-0.2, -0.15) is 17.0 Å². The molecule has 74 valence electrons. The first-order valence-electron chi connectivity index (χ1n) is 4.35. The summed E-state index contributed by atoms with van der Waals surface area (Å²) in [5.74, 6) is 0.852. The Labute approximate surface area is 88.9 Å². The molecular formula is C11H13NOS. The van der Waals surface area contributed by atoms with Crippen molar-refractivity contribution in [2.75, 3.05) is 13.4 Å². The van der Waals surface area contributed by atoms with Crippen LogP contribution in [0, 0.1) is 11.3 Å². The van der Waals surface area contributed by atoms with Crippen molar-refractivity contribution >= 4 is 11.8 Å². The highest BCUT2D eigenvalue weighted by atomic mass is 32.2. The fourth-order valence-electron chi connectivity index (χ4n) is 1.24. The highest BCUT2D eigenvalue weighted by molar-refractivity contribution is 7.98. The Morgan fingerprint density at radius 2 is 2.07 bits per heavy atom. The van der Waals surface area contributed by atoms with E-state index in [4.69, 9.17) is 10.00 Å². The molecule has 1 unspecified atom stereocenters. The quantitative estimate of drug-likeness (QED) is 0.761. The lowest BCUT2D eigenvalue weighted by Crippen LogP contribution is -1.92. The average Bonchev–Trinajstić information content (AvgIpc) is 2.26. The van der Waals surface area contributed by atoms with E-state index in [1.807, 2.05) is 30.5 Å². The van der Waals surface area contributed by atoms with Crippen LogP contribution in [0.25, 0.3) is 0 Å². The zero-order valence-electron chi connectivity index (χ0n) is 8.36. The third kappa shape index (κ3) is 2.68. The number of thioether (sulfide) groups is 1. The minimum absolute atomic E-state index is 0.269. The van der Waals surface area contributed by atoms with Gasteiger partial charge in [0.05, 0.1) is 19.6 Å². The Bertz CT molecular complexity index is 315. The third-order valence-electron chi connectivity index (χ3n) is 2.05. The summed E-state index contributed by atoms with van der Waals surface area (Å²) in [4.78, 5) is 0. The van der Waals surface area contributed by atoms with Crippen molar-refractivity contribution in [2.45, 2.75) is 11.7 Å². The molecule has 0 bridgehead atoms. The van der Waals surface area contributed by atoms with Gasteiger partial charge in [-0.15, -0.1) is 0 Å². The van der Waals surface area contributed by atoms with Crippen molar-refractivity contribution in [3.8, 4) is 11.8 Å². The average molecular weight is 207 g/mol. The predicted octanol–water partition coefficient (Wildman–Crippen LogP) is 3.01. The summed E-state index contributed by atoms with van der Waals surface area (Å²) in [7, 11) is 1.65. The molecule has 1 aromatic carbocycles. The summed E-state index contributed by atoms with van der Waals surface area (Å²) in [5.41, 5.74) is 1.18. The van der Waals surface area contributed by atoms with Gasteiger partial charge in [-0.1, -0.05) is 12.1 Å². The van der Waals surface area contributed by atoms with Gasteiger partial charge in [0.15, 0.2) is 0 Å². The molecule has 0 saturated carbocycles. The lowest BCUT2D eigenvalue weighted by atomic mass is 10.1. The van der Waals surface area contributed by atoms with Crippen molar-refractivity contribution in [1.29, 1.82) is 5.26 Å². The molecule has 0 fully saturated rings. The van der Waals surface area contributed by atoms with Crippen LogP contribution in [-0.4, -0.2) is 13.4 Å². The van der Waals surface area contributed by atoms with E-state index in [1.165, 1.54) is 5.56 Å². The summed E-state index contributed by atoms with van der Waals surface area (Å²) in [6.07, 6.45) is 2.57. The van der Waals surface area contributed by atoms with Gasteiger partial charge in [-0.05, 0) is 24.0 Å². The number of ether oxygens (including phenoxy) is 1. The number of hydrogen-bond acceptors (Lipinski definition) is 3. The van der Waals surface area contributed by atoms with Crippen LogP contribution in [0.2, 0.25) is 0 Å². The van der Waals surface area contributed by atoms with Gasteiger partial charge in [-0.3, -0.25) is 0 Å². The summed E-state index contributed by atoms with van der Waals surface area (Å²) in [6, 6.07) is 10.1. The first-order chi connectivity index (χ1) is 6.81. The molecule has 3 heteroatoms. The summed E-state index contributed by atoms with van der Waals surface area (Å²) in [6.45, 7) is 0. The standard InChI is InChI=1S/C11H13NOS/c1-13-10-5-3-9(4-6-10)11(14-2)7-8-12/h3-6,11H,7H2,1-2H3. The van der Waals surface area contributed by atoms with E-state index in [1.54, 1.807) is 18.9 Å². The molecule has 0 amide bonds. The van der Waals surface area contributed by atoms with Gasteiger partial charge in [-0.25, -0.2) is 0 Å². The largest absolute Gasteiger partial charge is 0.497 e. The van der Waals surface area contributed by atoms with Crippen LogP contribution in [0.4, 0.5) is 0 Å². The molecular weight excluding hydrogens is 194 g/mol. The Balaban J connectivity index is 2.79. The molecule has 0 aliphatic heterocycles. The van der Waals surface area contributed by atoms with Crippen LogP contribution < -0.4 is 4.74 Å². The molecule has 14 heavy (non-hydrogen) atoms. The third-order valence-corrected chi connectivity index (χ3v) is 3.06. The molecule has 0 N–H and O–H groups in total.